The highest BCUT2D eigenvalue weighted by Gasteiger charge is 2.11. The fourth-order valence-corrected chi connectivity index (χ4v) is 2.25. The van der Waals surface area contributed by atoms with Crippen LogP contribution in [0.4, 0.5) is 4.39 Å². The highest BCUT2D eigenvalue weighted by Crippen LogP contribution is 2.24. The van der Waals surface area contributed by atoms with Gasteiger partial charge in [0.2, 0.25) is 5.82 Å². The lowest BCUT2D eigenvalue weighted by molar-refractivity contribution is -0.139. The summed E-state index contributed by atoms with van der Waals surface area (Å²) in [5.74, 6) is -0.560. The smallest absolute Gasteiger partial charge is 0.341 e. The van der Waals surface area contributed by atoms with Crippen molar-refractivity contribution in [3.05, 3.63) is 65.8 Å². The Morgan fingerprint density at radius 2 is 1.88 bits per heavy atom. The molecule has 0 unspecified atom stereocenters. The van der Waals surface area contributed by atoms with Crippen molar-refractivity contribution < 1.29 is 23.6 Å². The molecule has 1 N–H and O–H groups in total. The molecule has 26 heavy (non-hydrogen) atoms. The molecular formula is C18H12ClFN2O4. The number of ether oxygens (including phenoxy) is 1. The fourth-order valence-electron chi connectivity index (χ4n) is 2.05. The zero-order valence-electron chi connectivity index (χ0n) is 13.2. The number of halogens is 2. The van der Waals surface area contributed by atoms with Crippen LogP contribution in [0.15, 0.2) is 53.1 Å². The molecule has 2 aromatic carbocycles. The molecular weight excluding hydrogens is 363 g/mol. The van der Waals surface area contributed by atoms with Crippen molar-refractivity contribution in [3.8, 4) is 17.1 Å². The molecule has 3 rings (SSSR count). The van der Waals surface area contributed by atoms with Crippen LogP contribution < -0.4 is 4.74 Å². The van der Waals surface area contributed by atoms with E-state index in [1.54, 1.807) is 30.3 Å². The van der Waals surface area contributed by atoms with E-state index in [4.69, 9.17) is 26.0 Å². The average Bonchev–Trinajstić information content (AvgIpc) is 3.12. The molecule has 0 bridgehead atoms. The molecule has 3 aromatic rings. The summed E-state index contributed by atoms with van der Waals surface area (Å²) in [5, 5.41) is 12.6. The lowest BCUT2D eigenvalue weighted by Gasteiger charge is -2.03. The van der Waals surface area contributed by atoms with Crippen LogP contribution in [0.2, 0.25) is 0 Å². The van der Waals surface area contributed by atoms with Crippen molar-refractivity contribution >= 4 is 28.7 Å². The maximum absolute atomic E-state index is 13.0. The van der Waals surface area contributed by atoms with Gasteiger partial charge < -0.3 is 14.4 Å². The minimum absolute atomic E-state index is 0.122. The van der Waals surface area contributed by atoms with E-state index < -0.39 is 12.6 Å². The molecule has 0 aliphatic carbocycles. The van der Waals surface area contributed by atoms with Gasteiger partial charge in [-0.2, -0.15) is 4.98 Å². The zero-order valence-corrected chi connectivity index (χ0v) is 14.0. The van der Waals surface area contributed by atoms with E-state index in [0.717, 1.165) is 5.56 Å². The van der Waals surface area contributed by atoms with Crippen LogP contribution in [0.1, 0.15) is 11.5 Å². The quantitative estimate of drug-likeness (QED) is 0.699. The Morgan fingerprint density at radius 3 is 2.54 bits per heavy atom. The van der Waals surface area contributed by atoms with E-state index in [2.05, 4.69) is 10.1 Å². The molecule has 0 aliphatic rings. The van der Waals surface area contributed by atoms with Crippen LogP contribution in [0.5, 0.6) is 5.75 Å². The van der Waals surface area contributed by atoms with Crippen LogP contribution in [-0.4, -0.2) is 27.8 Å². The third kappa shape index (κ3) is 4.46. The van der Waals surface area contributed by atoms with Gasteiger partial charge in [0.15, 0.2) is 6.61 Å². The number of carbonyl (C=O) groups is 1. The van der Waals surface area contributed by atoms with Crippen molar-refractivity contribution in [2.45, 2.75) is 0 Å². The molecule has 0 aliphatic heterocycles. The molecule has 0 spiro atoms. The molecule has 1 heterocycles. The number of aromatic nitrogens is 2. The van der Waals surface area contributed by atoms with Crippen molar-refractivity contribution in [1.29, 1.82) is 0 Å². The van der Waals surface area contributed by atoms with E-state index in [9.17, 15) is 9.18 Å². The van der Waals surface area contributed by atoms with E-state index in [1.165, 1.54) is 24.3 Å². The third-order valence-electron chi connectivity index (χ3n) is 3.27. The second-order valence-corrected chi connectivity index (χ2v) is 5.58. The summed E-state index contributed by atoms with van der Waals surface area (Å²) in [4.78, 5) is 14.7. The first-order chi connectivity index (χ1) is 12.5. The van der Waals surface area contributed by atoms with E-state index in [0.29, 0.717) is 17.1 Å². The van der Waals surface area contributed by atoms with Crippen LogP contribution in [0.3, 0.4) is 0 Å². The topological polar surface area (TPSA) is 85.5 Å². The number of carboxylic acids is 1. The number of hydrogen-bond donors (Lipinski definition) is 1. The summed E-state index contributed by atoms with van der Waals surface area (Å²) < 4.78 is 23.1. The molecule has 1 aromatic heterocycles. The summed E-state index contributed by atoms with van der Waals surface area (Å²) >= 11 is 6.21. The normalized spacial score (nSPS) is 11.4. The number of benzene rings is 2. The maximum atomic E-state index is 13.0. The van der Waals surface area contributed by atoms with Gasteiger partial charge in [0.25, 0.3) is 5.89 Å². The lowest BCUT2D eigenvalue weighted by atomic mass is 10.2. The Balaban J connectivity index is 1.73. The molecule has 0 fully saturated rings. The van der Waals surface area contributed by atoms with Crippen molar-refractivity contribution in [2.24, 2.45) is 0 Å². The van der Waals surface area contributed by atoms with E-state index >= 15 is 0 Å². The van der Waals surface area contributed by atoms with E-state index in [1.807, 2.05) is 0 Å². The Bertz CT molecular complexity index is 937. The van der Waals surface area contributed by atoms with Gasteiger partial charge >= 0.3 is 5.97 Å². The average molecular weight is 375 g/mol. The van der Waals surface area contributed by atoms with Gasteiger partial charge in [0, 0.05) is 5.56 Å². The number of rotatable bonds is 6. The second kappa shape index (κ2) is 7.79. The van der Waals surface area contributed by atoms with Crippen molar-refractivity contribution in [2.75, 3.05) is 6.61 Å². The zero-order chi connectivity index (χ0) is 18.5. The van der Waals surface area contributed by atoms with E-state index in [-0.39, 0.29) is 16.7 Å². The molecule has 8 heteroatoms. The molecule has 0 saturated carbocycles. The van der Waals surface area contributed by atoms with Crippen LogP contribution >= 0.6 is 11.6 Å². The molecule has 6 nitrogen and oxygen atoms in total. The third-order valence-corrected chi connectivity index (χ3v) is 3.54. The number of carboxylic acid groups (broad SMARTS) is 1. The minimum Gasteiger partial charge on any atom is -0.482 e. The maximum Gasteiger partial charge on any atom is 0.341 e. The molecule has 132 valence electrons. The number of hydrogen-bond acceptors (Lipinski definition) is 5. The first-order valence-electron chi connectivity index (χ1n) is 7.43. The monoisotopic (exact) mass is 374 g/mol. The Morgan fingerprint density at radius 1 is 1.19 bits per heavy atom. The van der Waals surface area contributed by atoms with Gasteiger partial charge in [0.05, 0.1) is 0 Å². The molecule has 0 atom stereocenters. The van der Waals surface area contributed by atoms with Gasteiger partial charge in [-0.15, -0.1) is 0 Å². The summed E-state index contributed by atoms with van der Waals surface area (Å²) in [6.45, 7) is -0.413. The highest BCUT2D eigenvalue weighted by molar-refractivity contribution is 6.50. The Hall–Kier alpha value is -3.19. The van der Waals surface area contributed by atoms with Gasteiger partial charge in [-0.25, -0.2) is 9.18 Å². The SMILES string of the molecule is O=C(O)COc1ccc(/C=C(\Cl)c2nc(-c3ccc(F)cc3)no2)cc1. The number of aliphatic carboxylic acids is 1. The first kappa shape index (κ1) is 17.6. The Labute approximate surface area is 152 Å². The second-order valence-electron chi connectivity index (χ2n) is 5.17. The van der Waals surface area contributed by atoms with Crippen LogP contribution in [0.25, 0.3) is 22.5 Å². The summed E-state index contributed by atoms with van der Waals surface area (Å²) in [7, 11) is 0. The molecule has 0 amide bonds. The number of nitrogens with zero attached hydrogens (tertiary/aromatic N) is 2. The van der Waals surface area contributed by atoms with Gasteiger partial charge in [-0.3, -0.25) is 0 Å². The minimum atomic E-state index is -1.05. The first-order valence-corrected chi connectivity index (χ1v) is 7.81. The predicted octanol–water partition coefficient (Wildman–Crippen LogP) is 4.08. The molecule has 0 radical (unpaired) electrons. The van der Waals surface area contributed by atoms with Crippen LogP contribution in [-0.2, 0) is 4.79 Å². The summed E-state index contributed by atoms with van der Waals surface area (Å²) in [6, 6.07) is 12.3. The fraction of sp³-hybridized carbons (Fsp3) is 0.0556. The van der Waals surface area contributed by atoms with Crippen molar-refractivity contribution in [3.63, 3.8) is 0 Å². The van der Waals surface area contributed by atoms with Gasteiger partial charge in [-0.1, -0.05) is 28.9 Å². The summed E-state index contributed by atoms with van der Waals surface area (Å²) in [5.41, 5.74) is 1.34. The summed E-state index contributed by atoms with van der Waals surface area (Å²) in [6.07, 6.45) is 1.62. The largest absolute Gasteiger partial charge is 0.482 e. The van der Waals surface area contributed by atoms with Gasteiger partial charge in [0.1, 0.15) is 16.6 Å². The standard InChI is InChI=1S/C18H12ClFN2O4/c19-15(9-11-1-7-14(8-2-11)25-10-16(23)24)18-21-17(22-26-18)12-3-5-13(20)6-4-12/h1-9H,10H2,(H,23,24)/b15-9-. The highest BCUT2D eigenvalue weighted by atomic mass is 35.5. The Kier molecular flexibility index (Phi) is 5.28. The predicted molar refractivity (Wildman–Crippen MR) is 93.0 cm³/mol. The molecule has 0 saturated heterocycles. The van der Waals surface area contributed by atoms with Crippen molar-refractivity contribution in [1.82, 2.24) is 10.1 Å². The van der Waals surface area contributed by atoms with Gasteiger partial charge in [-0.05, 0) is 48.0 Å². The van der Waals surface area contributed by atoms with Crippen LogP contribution in [0, 0.1) is 5.82 Å². The lowest BCUT2D eigenvalue weighted by Crippen LogP contribution is -2.09.